The van der Waals surface area contributed by atoms with Crippen LogP contribution in [0.1, 0.15) is 26.2 Å². The molecule has 8 nitrogen and oxygen atoms in total. The minimum Gasteiger partial charge on any atom is -0.475 e. The second-order valence-electron chi connectivity index (χ2n) is 4.35. The molecular formula is C12H16F3N3O5. The average molecular weight is 339 g/mol. The van der Waals surface area contributed by atoms with Gasteiger partial charge in [0, 0.05) is 12.2 Å². The van der Waals surface area contributed by atoms with Crippen molar-refractivity contribution in [2.45, 2.75) is 38.4 Å². The number of amides is 3. The van der Waals surface area contributed by atoms with E-state index >= 15 is 0 Å². The number of nitrogens with zero attached hydrogens (tertiary/aromatic N) is 1. The monoisotopic (exact) mass is 339 g/mol. The van der Waals surface area contributed by atoms with Gasteiger partial charge in [0.05, 0.1) is 0 Å². The van der Waals surface area contributed by atoms with Crippen molar-refractivity contribution in [1.29, 1.82) is 0 Å². The number of carbonyl (C=O) groups excluding carboxylic acids is 3. The lowest BCUT2D eigenvalue weighted by Gasteiger charge is -2.24. The van der Waals surface area contributed by atoms with Gasteiger partial charge in [-0.2, -0.15) is 13.2 Å². The second-order valence-corrected chi connectivity index (χ2v) is 4.35. The number of unbranched alkanes of at least 4 members (excludes halogenated alkanes) is 1. The third kappa shape index (κ3) is 6.46. The van der Waals surface area contributed by atoms with Crippen molar-refractivity contribution in [2.24, 2.45) is 5.84 Å². The molecule has 1 aliphatic heterocycles. The van der Waals surface area contributed by atoms with Crippen LogP contribution in [0.3, 0.4) is 0 Å². The summed E-state index contributed by atoms with van der Waals surface area (Å²) in [5.74, 6) is 0.836. The van der Waals surface area contributed by atoms with Crippen molar-refractivity contribution in [2.75, 3.05) is 0 Å². The number of rotatable bonds is 5. The Bertz CT molecular complexity index is 487. The van der Waals surface area contributed by atoms with Gasteiger partial charge < -0.3 is 5.11 Å². The van der Waals surface area contributed by atoms with Crippen LogP contribution in [0.25, 0.3) is 0 Å². The summed E-state index contributed by atoms with van der Waals surface area (Å²) in [5, 5.41) is 7.12. The maximum atomic E-state index is 11.5. The zero-order chi connectivity index (χ0) is 18.2. The molecule has 23 heavy (non-hydrogen) atoms. The maximum absolute atomic E-state index is 11.5. The first-order valence-electron chi connectivity index (χ1n) is 6.42. The SMILES string of the molecule is CCCCC(C(=O)NN)N1C(=O)C=CC1=O.O=C(O)C(F)(F)F. The van der Waals surface area contributed by atoms with Gasteiger partial charge in [-0.25, -0.2) is 10.6 Å². The van der Waals surface area contributed by atoms with Crippen molar-refractivity contribution in [3.05, 3.63) is 12.2 Å². The van der Waals surface area contributed by atoms with Crippen LogP contribution in [0.4, 0.5) is 13.2 Å². The fourth-order valence-corrected chi connectivity index (χ4v) is 1.59. The molecule has 0 bridgehead atoms. The van der Waals surface area contributed by atoms with Crippen molar-refractivity contribution >= 4 is 23.7 Å². The minimum absolute atomic E-state index is 0.429. The molecule has 0 aromatic heterocycles. The summed E-state index contributed by atoms with van der Waals surface area (Å²) in [5.41, 5.74) is 1.98. The van der Waals surface area contributed by atoms with E-state index in [-0.39, 0.29) is 0 Å². The molecule has 0 fully saturated rings. The molecule has 1 unspecified atom stereocenters. The van der Waals surface area contributed by atoms with Gasteiger partial charge in [-0.15, -0.1) is 0 Å². The number of hydrazine groups is 1. The van der Waals surface area contributed by atoms with Crippen LogP contribution in [0.2, 0.25) is 0 Å². The smallest absolute Gasteiger partial charge is 0.475 e. The summed E-state index contributed by atoms with van der Waals surface area (Å²) in [6, 6.07) is -0.806. The van der Waals surface area contributed by atoms with Gasteiger partial charge in [0.2, 0.25) is 0 Å². The van der Waals surface area contributed by atoms with Gasteiger partial charge in [0.15, 0.2) is 0 Å². The van der Waals surface area contributed by atoms with Crippen LogP contribution in [-0.2, 0) is 19.2 Å². The number of nitrogens with one attached hydrogen (secondary N) is 1. The van der Waals surface area contributed by atoms with Crippen LogP contribution in [0.5, 0.6) is 0 Å². The summed E-state index contributed by atoms with van der Waals surface area (Å²) < 4.78 is 31.7. The summed E-state index contributed by atoms with van der Waals surface area (Å²) in [6.07, 6.45) is -0.720. The van der Waals surface area contributed by atoms with Crippen LogP contribution in [-0.4, -0.2) is 45.9 Å². The molecule has 0 aliphatic carbocycles. The number of alkyl halides is 3. The lowest BCUT2D eigenvalue weighted by molar-refractivity contribution is -0.192. The van der Waals surface area contributed by atoms with E-state index in [4.69, 9.17) is 15.7 Å². The predicted octanol–water partition coefficient (Wildman–Crippen LogP) is 0.0934. The zero-order valence-corrected chi connectivity index (χ0v) is 12.1. The predicted molar refractivity (Wildman–Crippen MR) is 70.3 cm³/mol. The van der Waals surface area contributed by atoms with E-state index in [9.17, 15) is 27.6 Å². The highest BCUT2D eigenvalue weighted by atomic mass is 19.4. The summed E-state index contributed by atoms with van der Waals surface area (Å²) >= 11 is 0. The van der Waals surface area contributed by atoms with Gasteiger partial charge in [-0.3, -0.25) is 24.7 Å². The number of hydrogen-bond donors (Lipinski definition) is 3. The van der Waals surface area contributed by atoms with Gasteiger partial charge in [-0.05, 0) is 6.42 Å². The summed E-state index contributed by atoms with van der Waals surface area (Å²) in [7, 11) is 0. The Morgan fingerprint density at radius 2 is 1.74 bits per heavy atom. The summed E-state index contributed by atoms with van der Waals surface area (Å²) in [6.45, 7) is 1.96. The molecule has 0 spiro atoms. The molecule has 1 rings (SSSR count). The molecule has 0 aromatic rings. The standard InChI is InChI=1S/C10H15N3O3.C2HF3O2/c1-2-3-4-7(10(16)12-11)13-8(14)5-6-9(13)15;3-2(4,5)1(6)7/h5-7H,2-4,11H2,1H3,(H,12,16);(H,6,7). The largest absolute Gasteiger partial charge is 0.490 e. The average Bonchev–Trinajstić information content (AvgIpc) is 2.79. The fraction of sp³-hybridized carbons (Fsp3) is 0.500. The van der Waals surface area contributed by atoms with Gasteiger partial charge in [-0.1, -0.05) is 19.8 Å². The lowest BCUT2D eigenvalue weighted by Crippen LogP contribution is -2.51. The first kappa shape index (κ1) is 20.6. The van der Waals surface area contributed by atoms with Gasteiger partial charge in [0.25, 0.3) is 17.7 Å². The molecule has 1 aliphatic rings. The number of carboxylic acids is 1. The molecule has 0 aromatic carbocycles. The Hall–Kier alpha value is -2.43. The molecule has 130 valence electrons. The molecule has 1 heterocycles. The number of hydrogen-bond acceptors (Lipinski definition) is 5. The Morgan fingerprint density at radius 3 is 2.04 bits per heavy atom. The van der Waals surface area contributed by atoms with E-state index in [0.29, 0.717) is 6.42 Å². The fourth-order valence-electron chi connectivity index (χ4n) is 1.59. The number of carbonyl (C=O) groups is 4. The molecular weight excluding hydrogens is 323 g/mol. The van der Waals surface area contributed by atoms with E-state index in [2.05, 4.69) is 0 Å². The zero-order valence-electron chi connectivity index (χ0n) is 12.1. The highest BCUT2D eigenvalue weighted by Gasteiger charge is 2.38. The molecule has 1 atom stereocenters. The van der Waals surface area contributed by atoms with Crippen LogP contribution < -0.4 is 11.3 Å². The van der Waals surface area contributed by atoms with E-state index in [1.807, 2.05) is 12.3 Å². The molecule has 4 N–H and O–H groups in total. The molecule has 11 heteroatoms. The third-order valence-corrected chi connectivity index (χ3v) is 2.67. The van der Waals surface area contributed by atoms with Crippen LogP contribution in [0, 0.1) is 0 Å². The maximum Gasteiger partial charge on any atom is 0.490 e. The van der Waals surface area contributed by atoms with Crippen molar-refractivity contribution in [3.8, 4) is 0 Å². The molecule has 0 saturated heterocycles. The first-order valence-corrected chi connectivity index (χ1v) is 6.42. The van der Waals surface area contributed by atoms with Gasteiger partial charge >= 0.3 is 12.1 Å². The highest BCUT2D eigenvalue weighted by molar-refractivity contribution is 6.15. The molecule has 0 saturated carbocycles. The number of carboxylic acid groups (broad SMARTS) is 1. The van der Waals surface area contributed by atoms with Crippen molar-refractivity contribution in [3.63, 3.8) is 0 Å². The topological polar surface area (TPSA) is 130 Å². The van der Waals surface area contributed by atoms with E-state index in [1.165, 1.54) is 0 Å². The van der Waals surface area contributed by atoms with Crippen LogP contribution >= 0.6 is 0 Å². The summed E-state index contributed by atoms with van der Waals surface area (Å²) in [4.78, 5) is 44.1. The second kappa shape index (κ2) is 8.88. The Kier molecular flexibility index (Phi) is 7.94. The van der Waals surface area contributed by atoms with Crippen molar-refractivity contribution in [1.82, 2.24) is 10.3 Å². The van der Waals surface area contributed by atoms with E-state index in [1.54, 1.807) is 0 Å². The lowest BCUT2D eigenvalue weighted by atomic mass is 10.1. The number of nitrogens with two attached hydrogens (primary N) is 1. The normalized spacial score (nSPS) is 15.1. The van der Waals surface area contributed by atoms with Crippen molar-refractivity contribution < 1.29 is 37.5 Å². The molecule has 3 amide bonds. The number of imide groups is 1. The van der Waals surface area contributed by atoms with Gasteiger partial charge in [0.1, 0.15) is 6.04 Å². The molecule has 0 radical (unpaired) electrons. The quantitative estimate of drug-likeness (QED) is 0.282. The minimum atomic E-state index is -5.08. The van der Waals surface area contributed by atoms with E-state index in [0.717, 1.165) is 29.9 Å². The van der Waals surface area contributed by atoms with E-state index < -0.39 is 35.9 Å². The first-order chi connectivity index (χ1) is 10.6. The highest BCUT2D eigenvalue weighted by Crippen LogP contribution is 2.15. The Morgan fingerprint density at radius 1 is 1.30 bits per heavy atom. The number of aliphatic carboxylic acids is 1. The Balaban J connectivity index is 0.000000585. The Labute approximate surface area is 129 Å². The third-order valence-electron chi connectivity index (χ3n) is 2.67. The number of halogens is 3. The van der Waals surface area contributed by atoms with Crippen LogP contribution in [0.15, 0.2) is 12.2 Å².